The molecule has 0 aliphatic rings. The molecule has 0 saturated carbocycles. The minimum atomic E-state index is 0. The number of rotatable bonds is 9. The molecule has 0 bridgehead atoms. The molecule has 102 heavy (non-hydrogen) atoms. The highest BCUT2D eigenvalue weighted by Gasteiger charge is 2.25. The number of halogens is 1. The van der Waals surface area contributed by atoms with Crippen LogP contribution in [0.2, 0.25) is 0 Å². The largest absolute Gasteiger partial charge is 0.353 e. The van der Waals surface area contributed by atoms with E-state index in [1.54, 1.807) is 0 Å². The molecular weight excluding hydrogens is 1350 g/mol. The number of aromatic amines is 1. The number of nitrogens with one attached hydrogen (secondary N) is 1. The molecule has 484 valence electrons. The SMILES string of the molecule is Brc1ccc(-c2nc(-c3ccccc3)nc(-c3ccccc3)n2)cc1.C.c1ccc(-c2nc(-c3ccccc3)nc(-c3ccc(-n4c5ccccc5c5sc6c7ccccc7nc(-c7ccccc7)c6c54)cc3)n2)cc1.c1ccc(-c2nc3ccccc3c3sc4c5ccccc5[nH]c4c23)cc1. The molecule has 0 fully saturated rings. The van der Waals surface area contributed by atoms with E-state index in [-0.39, 0.29) is 7.43 Å². The first-order chi connectivity index (χ1) is 50.0. The normalized spacial score (nSPS) is 11.3. The lowest BCUT2D eigenvalue weighted by Crippen LogP contribution is -2.00. The standard InChI is InChI=1S/C44H27N5S.C23H14N2S.C21H14BrN3.CH4/c1-4-14-28(15-5-1)38-37-39-41(50-40(37)33-20-10-12-22-35(33)45-38)34-21-11-13-23-36(34)49(39)32-26-24-31(25-27-32)44-47-42(29-16-6-2-7-17-29)46-43(48-44)30-18-8-3-9-19-30;1-2-8-14(9-3-1)20-19-21-23(16-11-5-7-13-18(16)25-21)26-22(19)15-10-4-6-12-17(15)24-20;22-18-13-11-17(12-14-18)21-24-19(15-7-3-1-4-8-15)23-20(25-21)16-9-5-2-6-10-16;/h1-27H;1-13,25H;1-14H;1H4. The summed E-state index contributed by atoms with van der Waals surface area (Å²) in [6.07, 6.45) is 0. The lowest BCUT2D eigenvalue weighted by Gasteiger charge is -2.12. The number of thiophene rings is 2. The molecule has 20 aromatic rings. The van der Waals surface area contributed by atoms with E-state index < -0.39 is 0 Å². The van der Waals surface area contributed by atoms with Crippen molar-refractivity contribution in [3.63, 3.8) is 0 Å². The third kappa shape index (κ3) is 11.8. The molecule has 20 rings (SSSR count). The topological polar surface area (TPSA) is 124 Å². The van der Waals surface area contributed by atoms with Gasteiger partial charge in [-0.05, 0) is 60.7 Å². The van der Waals surface area contributed by atoms with Crippen molar-refractivity contribution >= 4 is 123 Å². The Hall–Kier alpha value is -12.5. The fraction of sp³-hybridized carbons (Fsp3) is 0.0112. The molecule has 10 nitrogen and oxygen atoms in total. The average Bonchev–Trinajstić information content (AvgIpc) is 1.55. The van der Waals surface area contributed by atoms with Crippen molar-refractivity contribution in [1.29, 1.82) is 0 Å². The van der Waals surface area contributed by atoms with Crippen LogP contribution in [-0.4, -0.2) is 49.4 Å². The fourth-order valence-corrected chi connectivity index (χ4v) is 16.2. The lowest BCUT2D eigenvalue weighted by molar-refractivity contribution is 1.07. The number of aromatic nitrogens is 10. The maximum atomic E-state index is 5.29. The van der Waals surface area contributed by atoms with E-state index in [1.165, 1.54) is 67.7 Å². The summed E-state index contributed by atoms with van der Waals surface area (Å²) in [5.41, 5.74) is 17.9. The molecule has 1 N–H and O–H groups in total. The van der Waals surface area contributed by atoms with Gasteiger partial charge in [0.05, 0.1) is 48.4 Å². The van der Waals surface area contributed by atoms with Crippen LogP contribution in [0.5, 0.6) is 0 Å². The predicted molar refractivity (Wildman–Crippen MR) is 429 cm³/mol. The van der Waals surface area contributed by atoms with Crippen LogP contribution < -0.4 is 0 Å². The van der Waals surface area contributed by atoms with Crippen LogP contribution in [0.3, 0.4) is 0 Å². The highest BCUT2D eigenvalue weighted by atomic mass is 79.9. The molecule has 0 aliphatic heterocycles. The first kappa shape index (κ1) is 63.0. The first-order valence-electron chi connectivity index (χ1n) is 33.2. The Morgan fingerprint density at radius 1 is 0.275 bits per heavy atom. The fourth-order valence-electron chi connectivity index (χ4n) is 13.3. The minimum absolute atomic E-state index is 0. The Balaban J connectivity index is 0.000000125. The highest BCUT2D eigenvalue weighted by Crippen LogP contribution is 2.49. The summed E-state index contributed by atoms with van der Waals surface area (Å²) in [6.45, 7) is 0. The van der Waals surface area contributed by atoms with E-state index in [9.17, 15) is 0 Å². The van der Waals surface area contributed by atoms with Gasteiger partial charge in [-0.15, -0.1) is 22.7 Å². The Morgan fingerprint density at radius 3 is 1.06 bits per heavy atom. The third-order valence-electron chi connectivity index (χ3n) is 18.1. The van der Waals surface area contributed by atoms with Crippen molar-refractivity contribution in [1.82, 2.24) is 49.4 Å². The number of nitrogens with zero attached hydrogens (tertiary/aromatic N) is 9. The van der Waals surface area contributed by atoms with Gasteiger partial charge in [-0.25, -0.2) is 39.9 Å². The van der Waals surface area contributed by atoms with Gasteiger partial charge in [0.25, 0.3) is 0 Å². The Kier molecular flexibility index (Phi) is 16.9. The van der Waals surface area contributed by atoms with E-state index in [0.29, 0.717) is 34.9 Å². The summed E-state index contributed by atoms with van der Waals surface area (Å²) in [4.78, 5) is 42.9. The zero-order valence-electron chi connectivity index (χ0n) is 53.9. The van der Waals surface area contributed by atoms with Gasteiger partial charge in [0, 0.05) is 102 Å². The van der Waals surface area contributed by atoms with Gasteiger partial charge in [-0.3, -0.25) is 0 Å². The monoisotopic (exact) mass is 1410 g/mol. The minimum Gasteiger partial charge on any atom is -0.353 e. The second kappa shape index (κ2) is 27.3. The summed E-state index contributed by atoms with van der Waals surface area (Å²) < 4.78 is 8.55. The maximum absolute atomic E-state index is 5.29. The summed E-state index contributed by atoms with van der Waals surface area (Å²) >= 11 is 7.19. The molecule has 8 aromatic heterocycles. The molecule has 0 aliphatic carbocycles. The number of pyridine rings is 2. The third-order valence-corrected chi connectivity index (χ3v) is 21.1. The number of H-pyrrole nitrogens is 1. The summed E-state index contributed by atoms with van der Waals surface area (Å²) in [6, 6.07) is 112. The average molecular weight is 1410 g/mol. The Labute approximate surface area is 603 Å². The van der Waals surface area contributed by atoms with E-state index >= 15 is 0 Å². The number of hydrogen-bond acceptors (Lipinski definition) is 10. The summed E-state index contributed by atoms with van der Waals surface area (Å²) in [7, 11) is 0. The quantitative estimate of drug-likeness (QED) is 0.152. The number of fused-ring (bicyclic) bond motifs is 14. The molecule has 0 unspecified atom stereocenters. The van der Waals surface area contributed by atoms with Crippen LogP contribution in [-0.2, 0) is 0 Å². The molecule has 0 saturated heterocycles. The van der Waals surface area contributed by atoms with Crippen molar-refractivity contribution in [3.05, 3.63) is 332 Å². The molecule has 13 heteroatoms. The second-order valence-electron chi connectivity index (χ2n) is 24.3. The van der Waals surface area contributed by atoms with Gasteiger partial charge < -0.3 is 9.55 Å². The molecule has 8 heterocycles. The Morgan fingerprint density at radius 2 is 0.608 bits per heavy atom. The van der Waals surface area contributed by atoms with Crippen LogP contribution >= 0.6 is 38.6 Å². The van der Waals surface area contributed by atoms with Gasteiger partial charge in [0.2, 0.25) is 0 Å². The van der Waals surface area contributed by atoms with E-state index in [0.717, 1.165) is 82.6 Å². The van der Waals surface area contributed by atoms with Gasteiger partial charge in [-0.1, -0.05) is 290 Å². The molecule has 0 spiro atoms. The van der Waals surface area contributed by atoms with Crippen molar-refractivity contribution in [2.45, 2.75) is 7.43 Å². The molecular formula is C89H59BrN10S2. The van der Waals surface area contributed by atoms with Crippen molar-refractivity contribution < 1.29 is 0 Å². The first-order valence-corrected chi connectivity index (χ1v) is 35.6. The summed E-state index contributed by atoms with van der Waals surface area (Å²) in [5, 5.41) is 7.31. The number of benzene rings is 12. The number of hydrogen-bond donors (Lipinski definition) is 1. The van der Waals surface area contributed by atoms with E-state index in [1.807, 2.05) is 174 Å². The van der Waals surface area contributed by atoms with Crippen LogP contribution in [0.25, 0.3) is 181 Å². The van der Waals surface area contributed by atoms with Crippen molar-refractivity contribution in [2.75, 3.05) is 0 Å². The lowest BCUT2D eigenvalue weighted by atomic mass is 10.0. The van der Waals surface area contributed by atoms with Crippen LogP contribution in [0, 0.1) is 0 Å². The van der Waals surface area contributed by atoms with Gasteiger partial charge in [0.1, 0.15) is 0 Å². The molecule has 0 amide bonds. The Bertz CT molecular complexity index is 6310. The van der Waals surface area contributed by atoms with Crippen molar-refractivity contribution in [2.24, 2.45) is 0 Å². The van der Waals surface area contributed by atoms with Crippen molar-refractivity contribution in [3.8, 4) is 96.5 Å². The second-order valence-corrected chi connectivity index (χ2v) is 27.3. The smallest absolute Gasteiger partial charge is 0.164 e. The van der Waals surface area contributed by atoms with E-state index in [4.69, 9.17) is 34.9 Å². The zero-order valence-corrected chi connectivity index (χ0v) is 57.1. The van der Waals surface area contributed by atoms with Crippen LogP contribution in [0.1, 0.15) is 7.43 Å². The van der Waals surface area contributed by atoms with Crippen LogP contribution in [0.15, 0.2) is 332 Å². The van der Waals surface area contributed by atoms with Crippen LogP contribution in [0.4, 0.5) is 0 Å². The predicted octanol–water partition coefficient (Wildman–Crippen LogP) is 24.4. The maximum Gasteiger partial charge on any atom is 0.164 e. The van der Waals surface area contributed by atoms with E-state index in [2.05, 4.69) is 206 Å². The zero-order chi connectivity index (χ0) is 67.2. The molecule has 0 atom stereocenters. The van der Waals surface area contributed by atoms with Gasteiger partial charge >= 0.3 is 0 Å². The molecule has 12 aromatic carbocycles. The summed E-state index contributed by atoms with van der Waals surface area (Å²) in [5.74, 6) is 3.94. The van der Waals surface area contributed by atoms with Gasteiger partial charge in [-0.2, -0.15) is 0 Å². The highest BCUT2D eigenvalue weighted by molar-refractivity contribution is 9.10. The molecule has 0 radical (unpaired) electrons. The van der Waals surface area contributed by atoms with Gasteiger partial charge in [0.15, 0.2) is 34.9 Å². The number of para-hydroxylation sites is 4.